The third kappa shape index (κ3) is 5.83. The fourth-order valence-electron chi connectivity index (χ4n) is 3.58. The van der Waals surface area contributed by atoms with Crippen LogP contribution in [0.3, 0.4) is 0 Å². The molecule has 3 aromatic carbocycles. The molecule has 194 valence electrons. The van der Waals surface area contributed by atoms with E-state index in [1.807, 2.05) is 0 Å². The van der Waals surface area contributed by atoms with Gasteiger partial charge in [0.25, 0.3) is 17.7 Å². The molecule has 8 nitrogen and oxygen atoms in total. The first kappa shape index (κ1) is 27.2. The molecule has 1 heterocycles. The first-order valence-electron chi connectivity index (χ1n) is 11.3. The van der Waals surface area contributed by atoms with Crippen LogP contribution in [-0.4, -0.2) is 29.8 Å². The molecule has 11 heteroatoms. The molecule has 38 heavy (non-hydrogen) atoms. The second-order valence-electron chi connectivity index (χ2n) is 8.43. The summed E-state index contributed by atoms with van der Waals surface area (Å²) in [4.78, 5) is 51.7. The van der Waals surface area contributed by atoms with Gasteiger partial charge in [0.1, 0.15) is 10.7 Å². The molecule has 0 bridgehead atoms. The Labute approximate surface area is 233 Å². The Morgan fingerprint density at radius 1 is 0.842 bits per heavy atom. The number of hydrogen-bond acceptors (Lipinski definition) is 6. The quantitative estimate of drug-likeness (QED) is 0.256. The molecule has 0 radical (unpaired) electrons. The van der Waals surface area contributed by atoms with E-state index >= 15 is 0 Å². The molecule has 0 saturated heterocycles. The lowest BCUT2D eigenvalue weighted by Gasteiger charge is -2.16. The number of nitrogens with one attached hydrogen (secondary N) is 2. The second-order valence-corrected chi connectivity index (χ2v) is 9.65. The fourth-order valence-corrected chi connectivity index (χ4v) is 4.29. The number of nitrogens with zero attached hydrogens (tertiary/aromatic N) is 1. The van der Waals surface area contributed by atoms with Crippen LogP contribution in [0.1, 0.15) is 34.6 Å². The van der Waals surface area contributed by atoms with Crippen LogP contribution in [0, 0.1) is 0 Å². The summed E-state index contributed by atoms with van der Waals surface area (Å²) in [6, 6.07) is 16.9. The average Bonchev–Trinajstić information content (AvgIpc) is 3.07. The van der Waals surface area contributed by atoms with Crippen molar-refractivity contribution in [2.45, 2.75) is 20.0 Å². The third-order valence-electron chi connectivity index (χ3n) is 5.27. The lowest BCUT2D eigenvalue weighted by molar-refractivity contribution is -0.120. The highest BCUT2D eigenvalue weighted by Crippen LogP contribution is 2.35. The van der Waals surface area contributed by atoms with Crippen molar-refractivity contribution in [1.29, 1.82) is 0 Å². The van der Waals surface area contributed by atoms with Crippen molar-refractivity contribution in [3.63, 3.8) is 0 Å². The van der Waals surface area contributed by atoms with Gasteiger partial charge in [-0.05, 0) is 68.4 Å². The number of benzene rings is 3. The first-order valence-corrected chi connectivity index (χ1v) is 12.4. The molecular formula is C27H20Cl3N3O5. The Kier molecular flexibility index (Phi) is 8.06. The highest BCUT2D eigenvalue weighted by Gasteiger charge is 2.39. The summed E-state index contributed by atoms with van der Waals surface area (Å²) >= 11 is 18.3. The zero-order chi connectivity index (χ0) is 27.6. The number of carbonyl (C=O) groups is 4. The molecule has 0 saturated carbocycles. The van der Waals surface area contributed by atoms with Crippen molar-refractivity contribution < 1.29 is 23.9 Å². The van der Waals surface area contributed by atoms with Gasteiger partial charge in [0, 0.05) is 22.0 Å². The van der Waals surface area contributed by atoms with Crippen LogP contribution in [0.4, 0.5) is 17.1 Å². The highest BCUT2D eigenvalue weighted by atomic mass is 35.5. The van der Waals surface area contributed by atoms with Crippen LogP contribution in [0.15, 0.2) is 77.5 Å². The number of esters is 1. The van der Waals surface area contributed by atoms with Crippen LogP contribution in [0.25, 0.3) is 0 Å². The summed E-state index contributed by atoms with van der Waals surface area (Å²) in [6.45, 7) is 3.49. The molecule has 0 unspecified atom stereocenters. The number of imide groups is 1. The highest BCUT2D eigenvalue weighted by molar-refractivity contribution is 6.54. The smallest absolute Gasteiger partial charge is 0.338 e. The molecule has 0 aromatic heterocycles. The number of amides is 3. The van der Waals surface area contributed by atoms with E-state index in [1.165, 1.54) is 30.3 Å². The van der Waals surface area contributed by atoms with Gasteiger partial charge in [0.15, 0.2) is 0 Å². The summed E-state index contributed by atoms with van der Waals surface area (Å²) in [6.07, 6.45) is -0.281. The molecule has 0 atom stereocenters. The maximum absolute atomic E-state index is 13.1. The minimum atomic E-state index is -0.756. The van der Waals surface area contributed by atoms with E-state index in [9.17, 15) is 19.2 Å². The van der Waals surface area contributed by atoms with E-state index in [2.05, 4.69) is 10.6 Å². The Morgan fingerprint density at radius 3 is 2.18 bits per heavy atom. The maximum atomic E-state index is 13.1. The Morgan fingerprint density at radius 2 is 1.50 bits per heavy atom. The summed E-state index contributed by atoms with van der Waals surface area (Å²) in [5.74, 6) is -2.44. The number of anilines is 3. The van der Waals surface area contributed by atoms with Gasteiger partial charge >= 0.3 is 5.97 Å². The van der Waals surface area contributed by atoms with E-state index in [4.69, 9.17) is 39.5 Å². The summed E-state index contributed by atoms with van der Waals surface area (Å²) in [5.41, 5.74) is 1.24. The monoisotopic (exact) mass is 571 g/mol. The van der Waals surface area contributed by atoms with Crippen molar-refractivity contribution in [3.05, 3.63) is 98.6 Å². The molecule has 1 aliphatic heterocycles. The van der Waals surface area contributed by atoms with Gasteiger partial charge in [0.05, 0.1) is 22.4 Å². The Balaban J connectivity index is 1.51. The zero-order valence-corrected chi connectivity index (χ0v) is 22.3. The summed E-state index contributed by atoms with van der Waals surface area (Å²) < 4.78 is 5.19. The van der Waals surface area contributed by atoms with E-state index in [0.717, 1.165) is 4.90 Å². The lowest BCUT2D eigenvalue weighted by Crippen LogP contribution is -2.32. The van der Waals surface area contributed by atoms with Gasteiger partial charge in [-0.2, -0.15) is 0 Å². The molecule has 3 amide bonds. The standard InChI is InChI=1S/C27H20Cl3N3O5/c1-14(2)38-27(37)16-6-4-8-19(12-16)32-24(34)15-5-3-7-18(11-15)31-23-22(30)25(35)33(26(23)36)21-10-9-17(28)13-20(21)29/h3-14,31H,1-2H3,(H,32,34). The van der Waals surface area contributed by atoms with Crippen molar-refractivity contribution in [2.75, 3.05) is 15.5 Å². The zero-order valence-electron chi connectivity index (χ0n) is 20.1. The van der Waals surface area contributed by atoms with Gasteiger partial charge in [-0.3, -0.25) is 14.4 Å². The number of halogens is 3. The first-order chi connectivity index (χ1) is 18.0. The third-order valence-corrected chi connectivity index (χ3v) is 6.16. The Hall–Kier alpha value is -3.85. The fraction of sp³-hybridized carbons (Fsp3) is 0.111. The van der Waals surface area contributed by atoms with Crippen molar-refractivity contribution >= 4 is 75.6 Å². The number of carbonyl (C=O) groups excluding carboxylic acids is 4. The van der Waals surface area contributed by atoms with Crippen LogP contribution in [-0.2, 0) is 14.3 Å². The molecule has 3 aromatic rings. The van der Waals surface area contributed by atoms with Gasteiger partial charge in [-0.25, -0.2) is 9.69 Å². The topological polar surface area (TPSA) is 105 Å². The van der Waals surface area contributed by atoms with E-state index < -0.39 is 23.7 Å². The SMILES string of the molecule is CC(C)OC(=O)c1cccc(NC(=O)c2cccc(NC3=C(Cl)C(=O)N(c4ccc(Cl)cc4Cl)C3=O)c2)c1. The molecule has 2 N–H and O–H groups in total. The van der Waals surface area contributed by atoms with Crippen molar-refractivity contribution in [1.82, 2.24) is 0 Å². The van der Waals surface area contributed by atoms with Crippen molar-refractivity contribution in [3.8, 4) is 0 Å². The maximum Gasteiger partial charge on any atom is 0.338 e. The minimum Gasteiger partial charge on any atom is -0.459 e. The molecule has 0 spiro atoms. The van der Waals surface area contributed by atoms with Crippen molar-refractivity contribution in [2.24, 2.45) is 0 Å². The Bertz CT molecular complexity index is 1500. The predicted molar refractivity (Wildman–Crippen MR) is 147 cm³/mol. The summed E-state index contributed by atoms with van der Waals surface area (Å²) in [5, 5.41) is 5.66. The van der Waals surface area contributed by atoms with Crippen LogP contribution >= 0.6 is 34.8 Å². The molecule has 0 fully saturated rings. The van der Waals surface area contributed by atoms with E-state index in [-0.39, 0.29) is 33.1 Å². The number of hydrogen-bond donors (Lipinski definition) is 2. The largest absolute Gasteiger partial charge is 0.459 e. The van der Waals surface area contributed by atoms with Crippen LogP contribution in [0.2, 0.25) is 10.0 Å². The van der Waals surface area contributed by atoms with Gasteiger partial charge in [-0.15, -0.1) is 0 Å². The van der Waals surface area contributed by atoms with Gasteiger partial charge < -0.3 is 15.4 Å². The second kappa shape index (κ2) is 11.3. The van der Waals surface area contributed by atoms with E-state index in [0.29, 0.717) is 22.0 Å². The molecule has 1 aliphatic rings. The molecular weight excluding hydrogens is 553 g/mol. The summed E-state index contributed by atoms with van der Waals surface area (Å²) in [7, 11) is 0. The van der Waals surface area contributed by atoms with Gasteiger partial charge in [-0.1, -0.05) is 46.9 Å². The van der Waals surface area contributed by atoms with Crippen LogP contribution < -0.4 is 15.5 Å². The van der Waals surface area contributed by atoms with E-state index in [1.54, 1.807) is 50.2 Å². The normalized spacial score (nSPS) is 13.3. The van der Waals surface area contributed by atoms with Crippen LogP contribution in [0.5, 0.6) is 0 Å². The minimum absolute atomic E-state index is 0.102. The lowest BCUT2D eigenvalue weighted by atomic mass is 10.1. The predicted octanol–water partition coefficient (Wildman–Crippen LogP) is 6.25. The molecule has 0 aliphatic carbocycles. The number of ether oxygens (including phenoxy) is 1. The average molecular weight is 573 g/mol. The molecule has 4 rings (SSSR count). The number of rotatable bonds is 7. The van der Waals surface area contributed by atoms with Gasteiger partial charge in [0.2, 0.25) is 0 Å².